The second kappa shape index (κ2) is 3.64. The van der Waals surface area contributed by atoms with Gasteiger partial charge in [0.25, 0.3) is 0 Å². The van der Waals surface area contributed by atoms with Crippen molar-refractivity contribution in [1.29, 1.82) is 0 Å². The van der Waals surface area contributed by atoms with Crippen LogP contribution in [0.25, 0.3) is 0 Å². The van der Waals surface area contributed by atoms with E-state index in [2.05, 4.69) is 6.58 Å². The highest BCUT2D eigenvalue weighted by molar-refractivity contribution is 4.96. The summed E-state index contributed by atoms with van der Waals surface area (Å²) in [4.78, 5) is 0. The second-order valence-corrected chi connectivity index (χ2v) is 2.38. The van der Waals surface area contributed by atoms with Crippen LogP contribution in [-0.4, -0.2) is 22.9 Å². The van der Waals surface area contributed by atoms with Gasteiger partial charge in [-0.15, -0.1) is 0 Å². The Morgan fingerprint density at radius 1 is 1.67 bits per heavy atom. The molecule has 2 heteroatoms. The number of aliphatic hydroxyl groups excluding tert-OH is 2. The SMILES string of the molecule is C=C(C)[C@@H](C)[C@@H](O)CO. The molecule has 2 nitrogen and oxygen atoms in total. The van der Waals surface area contributed by atoms with Crippen molar-refractivity contribution >= 4 is 0 Å². The highest BCUT2D eigenvalue weighted by Crippen LogP contribution is 2.10. The average Bonchev–Trinajstić information content (AvgIpc) is 1.84. The monoisotopic (exact) mass is 130 g/mol. The van der Waals surface area contributed by atoms with Crippen LogP contribution in [0.15, 0.2) is 12.2 Å². The van der Waals surface area contributed by atoms with Crippen molar-refractivity contribution in [2.45, 2.75) is 20.0 Å². The molecule has 0 fully saturated rings. The quantitative estimate of drug-likeness (QED) is 0.548. The third-order valence-corrected chi connectivity index (χ3v) is 1.54. The zero-order valence-corrected chi connectivity index (χ0v) is 5.96. The van der Waals surface area contributed by atoms with Crippen LogP contribution >= 0.6 is 0 Å². The average molecular weight is 130 g/mol. The lowest BCUT2D eigenvalue weighted by atomic mass is 9.99. The molecular formula is C7H14O2. The fourth-order valence-electron chi connectivity index (χ4n) is 0.487. The predicted molar refractivity (Wildman–Crippen MR) is 37.1 cm³/mol. The predicted octanol–water partition coefficient (Wildman–Crippen LogP) is 0.552. The Balaban J connectivity index is 3.72. The van der Waals surface area contributed by atoms with Crippen molar-refractivity contribution in [2.75, 3.05) is 6.61 Å². The van der Waals surface area contributed by atoms with Crippen molar-refractivity contribution in [2.24, 2.45) is 5.92 Å². The van der Waals surface area contributed by atoms with Gasteiger partial charge in [-0.2, -0.15) is 0 Å². The van der Waals surface area contributed by atoms with Crippen molar-refractivity contribution in [1.82, 2.24) is 0 Å². The van der Waals surface area contributed by atoms with Crippen LogP contribution in [0.1, 0.15) is 13.8 Å². The minimum absolute atomic E-state index is 0.00463. The molecule has 0 saturated heterocycles. The summed E-state index contributed by atoms with van der Waals surface area (Å²) in [6.07, 6.45) is -0.650. The van der Waals surface area contributed by atoms with Gasteiger partial charge in [0.2, 0.25) is 0 Å². The van der Waals surface area contributed by atoms with Gasteiger partial charge in [-0.3, -0.25) is 0 Å². The molecule has 0 unspecified atom stereocenters. The lowest BCUT2D eigenvalue weighted by molar-refractivity contribution is 0.0652. The summed E-state index contributed by atoms with van der Waals surface area (Å²) in [6, 6.07) is 0. The first kappa shape index (κ1) is 8.66. The Labute approximate surface area is 55.8 Å². The van der Waals surface area contributed by atoms with Crippen LogP contribution in [0.3, 0.4) is 0 Å². The Hall–Kier alpha value is -0.340. The molecule has 0 aromatic carbocycles. The summed E-state index contributed by atoms with van der Waals surface area (Å²) in [5.41, 5.74) is 0.900. The fraction of sp³-hybridized carbons (Fsp3) is 0.714. The molecule has 0 aliphatic carbocycles. The van der Waals surface area contributed by atoms with E-state index < -0.39 is 6.10 Å². The van der Waals surface area contributed by atoms with Crippen LogP contribution in [0, 0.1) is 5.92 Å². The lowest BCUT2D eigenvalue weighted by Gasteiger charge is -2.15. The van der Waals surface area contributed by atoms with E-state index in [1.54, 1.807) is 0 Å². The maximum absolute atomic E-state index is 8.99. The van der Waals surface area contributed by atoms with Crippen molar-refractivity contribution in [3.05, 3.63) is 12.2 Å². The summed E-state index contributed by atoms with van der Waals surface area (Å²) in [6.45, 7) is 7.14. The third-order valence-electron chi connectivity index (χ3n) is 1.54. The van der Waals surface area contributed by atoms with E-state index in [0.717, 1.165) is 5.57 Å². The number of aliphatic hydroxyl groups is 2. The minimum Gasteiger partial charge on any atom is -0.394 e. The second-order valence-electron chi connectivity index (χ2n) is 2.38. The number of rotatable bonds is 3. The molecule has 2 atom stereocenters. The van der Waals surface area contributed by atoms with Crippen molar-refractivity contribution in [3.63, 3.8) is 0 Å². The fourth-order valence-corrected chi connectivity index (χ4v) is 0.487. The Morgan fingerprint density at radius 3 is 2.22 bits per heavy atom. The van der Waals surface area contributed by atoms with E-state index in [4.69, 9.17) is 10.2 Å². The molecular weight excluding hydrogens is 116 g/mol. The van der Waals surface area contributed by atoms with Gasteiger partial charge in [0.1, 0.15) is 0 Å². The highest BCUT2D eigenvalue weighted by atomic mass is 16.3. The smallest absolute Gasteiger partial charge is 0.0833 e. The molecule has 0 saturated carbocycles. The molecule has 0 aromatic heterocycles. The van der Waals surface area contributed by atoms with Gasteiger partial charge in [-0.25, -0.2) is 0 Å². The van der Waals surface area contributed by atoms with E-state index in [9.17, 15) is 0 Å². The molecule has 0 aliphatic heterocycles. The molecule has 0 radical (unpaired) electrons. The van der Waals surface area contributed by atoms with Gasteiger partial charge in [0.15, 0.2) is 0 Å². The van der Waals surface area contributed by atoms with Gasteiger partial charge < -0.3 is 10.2 Å². The molecule has 54 valence electrons. The molecule has 0 spiro atoms. The molecule has 0 bridgehead atoms. The molecule has 2 N–H and O–H groups in total. The normalized spacial score (nSPS) is 16.9. The molecule has 0 heterocycles. The zero-order valence-electron chi connectivity index (χ0n) is 5.96. The molecule has 0 aliphatic rings. The standard InChI is InChI=1S/C7H14O2/c1-5(2)6(3)7(9)4-8/h6-9H,1,4H2,2-3H3/t6-,7+/m1/s1. The Bertz CT molecular complexity index is 99.1. The minimum atomic E-state index is -0.650. The number of hydrogen-bond donors (Lipinski definition) is 2. The first-order valence-corrected chi connectivity index (χ1v) is 3.04. The van der Waals surface area contributed by atoms with E-state index in [1.807, 2.05) is 13.8 Å². The van der Waals surface area contributed by atoms with Crippen LogP contribution in [0.5, 0.6) is 0 Å². The topological polar surface area (TPSA) is 40.5 Å². The summed E-state index contributed by atoms with van der Waals surface area (Å²) in [5, 5.41) is 17.4. The zero-order chi connectivity index (χ0) is 7.44. The Morgan fingerprint density at radius 2 is 2.11 bits per heavy atom. The van der Waals surface area contributed by atoms with E-state index in [1.165, 1.54) is 0 Å². The van der Waals surface area contributed by atoms with Crippen LogP contribution in [0.4, 0.5) is 0 Å². The van der Waals surface area contributed by atoms with Crippen LogP contribution < -0.4 is 0 Å². The van der Waals surface area contributed by atoms with Crippen LogP contribution in [-0.2, 0) is 0 Å². The lowest BCUT2D eigenvalue weighted by Crippen LogP contribution is -2.21. The molecule has 0 aromatic rings. The summed E-state index contributed by atoms with van der Waals surface area (Å²) < 4.78 is 0. The van der Waals surface area contributed by atoms with Gasteiger partial charge in [-0.05, 0) is 6.92 Å². The van der Waals surface area contributed by atoms with Gasteiger partial charge in [0, 0.05) is 5.92 Å². The maximum atomic E-state index is 8.99. The molecule has 0 amide bonds. The van der Waals surface area contributed by atoms with Crippen LogP contribution in [0.2, 0.25) is 0 Å². The Kier molecular flexibility index (Phi) is 3.50. The van der Waals surface area contributed by atoms with Gasteiger partial charge in [0.05, 0.1) is 12.7 Å². The largest absolute Gasteiger partial charge is 0.394 e. The van der Waals surface area contributed by atoms with E-state index in [-0.39, 0.29) is 12.5 Å². The van der Waals surface area contributed by atoms with Crippen molar-refractivity contribution in [3.8, 4) is 0 Å². The summed E-state index contributed by atoms with van der Waals surface area (Å²) >= 11 is 0. The van der Waals surface area contributed by atoms with Gasteiger partial charge in [-0.1, -0.05) is 19.1 Å². The summed E-state index contributed by atoms with van der Waals surface area (Å²) in [5.74, 6) is -0.00463. The first-order chi connectivity index (χ1) is 4.09. The van der Waals surface area contributed by atoms with E-state index in [0.29, 0.717) is 0 Å². The third kappa shape index (κ3) is 2.63. The molecule has 9 heavy (non-hydrogen) atoms. The van der Waals surface area contributed by atoms with Gasteiger partial charge >= 0.3 is 0 Å². The number of hydrogen-bond acceptors (Lipinski definition) is 2. The maximum Gasteiger partial charge on any atom is 0.0833 e. The highest BCUT2D eigenvalue weighted by Gasteiger charge is 2.12. The molecule has 0 rings (SSSR count). The first-order valence-electron chi connectivity index (χ1n) is 3.04. The van der Waals surface area contributed by atoms with E-state index >= 15 is 0 Å². The summed E-state index contributed by atoms with van der Waals surface area (Å²) in [7, 11) is 0. The van der Waals surface area contributed by atoms with Crippen molar-refractivity contribution < 1.29 is 10.2 Å².